The molecule has 0 unspecified atom stereocenters. The number of carbonyl (C=O) groups is 1. The standard InChI is InChI=1S/C9H9F2IN2O2/c1-16-6(15)3-4-2-5(13)14-8(7(4)12)9(10)11/h2,9H,3H2,1H3,(H2,13,14). The Labute approximate surface area is 104 Å². The minimum Gasteiger partial charge on any atom is -0.469 e. The molecule has 88 valence electrons. The van der Waals surface area contributed by atoms with Crippen LogP contribution in [0.3, 0.4) is 0 Å². The molecule has 0 bridgehead atoms. The molecule has 0 saturated carbocycles. The first-order chi connectivity index (χ1) is 7.45. The molecule has 0 amide bonds. The van der Waals surface area contributed by atoms with Gasteiger partial charge in [-0.3, -0.25) is 4.79 Å². The number of hydrogen-bond acceptors (Lipinski definition) is 4. The zero-order valence-corrected chi connectivity index (χ0v) is 10.5. The summed E-state index contributed by atoms with van der Waals surface area (Å²) in [5.74, 6) is -0.543. The van der Waals surface area contributed by atoms with Gasteiger partial charge >= 0.3 is 5.97 Å². The lowest BCUT2D eigenvalue weighted by molar-refractivity contribution is -0.139. The summed E-state index contributed by atoms with van der Waals surface area (Å²) < 4.78 is 29.8. The Hall–Kier alpha value is -0.990. The van der Waals surface area contributed by atoms with Crippen LogP contribution in [0.1, 0.15) is 17.7 Å². The smallest absolute Gasteiger partial charge is 0.310 e. The zero-order chi connectivity index (χ0) is 12.3. The second-order valence-corrected chi connectivity index (χ2v) is 4.04. The Bertz CT molecular complexity index is 413. The van der Waals surface area contributed by atoms with E-state index in [0.717, 1.165) is 0 Å². The molecular weight excluding hydrogens is 333 g/mol. The van der Waals surface area contributed by atoms with Gasteiger partial charge in [0, 0.05) is 3.57 Å². The number of hydrogen-bond donors (Lipinski definition) is 1. The van der Waals surface area contributed by atoms with Crippen molar-refractivity contribution in [3.05, 3.63) is 20.9 Å². The third kappa shape index (κ3) is 3.00. The van der Waals surface area contributed by atoms with Crippen molar-refractivity contribution in [2.75, 3.05) is 12.8 Å². The molecule has 2 N–H and O–H groups in total. The predicted molar refractivity (Wildman–Crippen MR) is 62.0 cm³/mol. The molecule has 0 spiro atoms. The number of ether oxygens (including phenoxy) is 1. The fraction of sp³-hybridized carbons (Fsp3) is 0.333. The Kier molecular flexibility index (Phi) is 4.39. The minimum absolute atomic E-state index is 0.0328. The van der Waals surface area contributed by atoms with Crippen molar-refractivity contribution in [2.45, 2.75) is 12.8 Å². The van der Waals surface area contributed by atoms with E-state index in [1.807, 2.05) is 0 Å². The zero-order valence-electron chi connectivity index (χ0n) is 8.34. The van der Waals surface area contributed by atoms with Crippen LogP contribution in [0.15, 0.2) is 6.07 Å². The molecule has 0 aromatic carbocycles. The topological polar surface area (TPSA) is 65.2 Å². The summed E-state index contributed by atoms with van der Waals surface area (Å²) in [4.78, 5) is 14.6. The van der Waals surface area contributed by atoms with Crippen LogP contribution in [0.4, 0.5) is 14.6 Å². The van der Waals surface area contributed by atoms with Gasteiger partial charge in [0.15, 0.2) is 0 Å². The lowest BCUT2D eigenvalue weighted by Crippen LogP contribution is -2.10. The quantitative estimate of drug-likeness (QED) is 0.673. The normalized spacial score (nSPS) is 10.6. The number of pyridine rings is 1. The van der Waals surface area contributed by atoms with Gasteiger partial charge in [0.25, 0.3) is 6.43 Å². The number of methoxy groups -OCH3 is 1. The highest BCUT2D eigenvalue weighted by Gasteiger charge is 2.19. The van der Waals surface area contributed by atoms with E-state index in [0.29, 0.717) is 5.56 Å². The van der Waals surface area contributed by atoms with Crippen LogP contribution in [0.2, 0.25) is 0 Å². The van der Waals surface area contributed by atoms with Crippen LogP contribution >= 0.6 is 22.6 Å². The Morgan fingerprint density at radius 1 is 1.69 bits per heavy atom. The molecule has 0 radical (unpaired) electrons. The van der Waals surface area contributed by atoms with E-state index in [2.05, 4.69) is 9.72 Å². The molecule has 1 aromatic rings. The molecule has 0 aliphatic carbocycles. The number of nitrogens with zero attached hydrogens (tertiary/aromatic N) is 1. The van der Waals surface area contributed by atoms with Crippen molar-refractivity contribution in [2.24, 2.45) is 0 Å². The lowest BCUT2D eigenvalue weighted by Gasteiger charge is -2.09. The van der Waals surface area contributed by atoms with Crippen LogP contribution in [-0.2, 0) is 16.0 Å². The molecule has 0 fully saturated rings. The number of carbonyl (C=O) groups excluding carboxylic acids is 1. The highest BCUT2D eigenvalue weighted by Crippen LogP contribution is 2.27. The number of nitrogens with two attached hydrogens (primary N) is 1. The molecule has 0 aliphatic heterocycles. The van der Waals surface area contributed by atoms with Crippen molar-refractivity contribution >= 4 is 34.4 Å². The monoisotopic (exact) mass is 342 g/mol. The van der Waals surface area contributed by atoms with E-state index < -0.39 is 18.1 Å². The third-order valence-corrected chi connectivity index (χ3v) is 3.09. The molecule has 0 saturated heterocycles. The summed E-state index contributed by atoms with van der Waals surface area (Å²) >= 11 is 1.72. The maximum absolute atomic E-state index is 12.6. The number of rotatable bonds is 3. The highest BCUT2D eigenvalue weighted by molar-refractivity contribution is 14.1. The summed E-state index contributed by atoms with van der Waals surface area (Å²) in [5.41, 5.74) is 5.38. The van der Waals surface area contributed by atoms with Gasteiger partial charge in [0.2, 0.25) is 0 Å². The fourth-order valence-electron chi connectivity index (χ4n) is 1.13. The number of nitrogen functional groups attached to an aromatic ring is 1. The van der Waals surface area contributed by atoms with Crippen LogP contribution in [0.5, 0.6) is 0 Å². The van der Waals surface area contributed by atoms with E-state index in [1.165, 1.54) is 13.2 Å². The highest BCUT2D eigenvalue weighted by atomic mass is 127. The largest absolute Gasteiger partial charge is 0.469 e. The maximum atomic E-state index is 12.6. The lowest BCUT2D eigenvalue weighted by atomic mass is 10.1. The maximum Gasteiger partial charge on any atom is 0.310 e. The van der Waals surface area contributed by atoms with Gasteiger partial charge in [0.1, 0.15) is 11.5 Å². The van der Waals surface area contributed by atoms with Gasteiger partial charge < -0.3 is 10.5 Å². The first kappa shape index (κ1) is 13.1. The molecule has 1 rings (SSSR count). The SMILES string of the molecule is COC(=O)Cc1cc(N)nc(C(F)F)c1I. The van der Waals surface area contributed by atoms with Gasteiger partial charge in [0.05, 0.1) is 13.5 Å². The molecular formula is C9H9F2IN2O2. The summed E-state index contributed by atoms with van der Waals surface area (Å²) in [6.07, 6.45) is -2.81. The Balaban J connectivity index is 3.14. The summed E-state index contributed by atoms with van der Waals surface area (Å²) in [6, 6.07) is 1.39. The van der Waals surface area contributed by atoms with Crippen LogP contribution in [-0.4, -0.2) is 18.1 Å². The first-order valence-electron chi connectivity index (χ1n) is 4.25. The van der Waals surface area contributed by atoms with Crippen molar-refractivity contribution in [1.29, 1.82) is 0 Å². The molecule has 16 heavy (non-hydrogen) atoms. The van der Waals surface area contributed by atoms with Gasteiger partial charge in [-0.25, -0.2) is 13.8 Å². The second kappa shape index (κ2) is 5.37. The van der Waals surface area contributed by atoms with Crippen molar-refractivity contribution < 1.29 is 18.3 Å². The van der Waals surface area contributed by atoms with Crippen LogP contribution in [0.25, 0.3) is 0 Å². The Morgan fingerprint density at radius 2 is 2.31 bits per heavy atom. The summed E-state index contributed by atoms with van der Waals surface area (Å²) in [6.45, 7) is 0. The van der Waals surface area contributed by atoms with Gasteiger partial charge in [-0.15, -0.1) is 0 Å². The number of halogens is 3. The average Bonchev–Trinajstić information content (AvgIpc) is 2.22. The second-order valence-electron chi connectivity index (χ2n) is 2.96. The van der Waals surface area contributed by atoms with Gasteiger partial charge in [-0.1, -0.05) is 0 Å². The minimum atomic E-state index is -2.72. The average molecular weight is 342 g/mol. The predicted octanol–water partition coefficient (Wildman–Crippen LogP) is 1.92. The Morgan fingerprint density at radius 3 is 2.81 bits per heavy atom. The summed E-state index contributed by atoms with van der Waals surface area (Å²) in [5, 5.41) is 0. The van der Waals surface area contributed by atoms with Crippen molar-refractivity contribution in [1.82, 2.24) is 4.98 Å². The fourth-order valence-corrected chi connectivity index (χ4v) is 1.83. The van der Waals surface area contributed by atoms with E-state index in [1.54, 1.807) is 22.6 Å². The van der Waals surface area contributed by atoms with Crippen LogP contribution < -0.4 is 5.73 Å². The molecule has 7 heteroatoms. The number of anilines is 1. The number of esters is 1. The molecule has 1 heterocycles. The van der Waals surface area contributed by atoms with E-state index in [-0.39, 0.29) is 15.8 Å². The third-order valence-electron chi connectivity index (χ3n) is 1.85. The first-order valence-corrected chi connectivity index (χ1v) is 5.33. The van der Waals surface area contributed by atoms with Crippen molar-refractivity contribution in [3.8, 4) is 0 Å². The van der Waals surface area contributed by atoms with E-state index >= 15 is 0 Å². The van der Waals surface area contributed by atoms with Gasteiger partial charge in [-0.2, -0.15) is 0 Å². The number of alkyl halides is 2. The molecule has 1 aromatic heterocycles. The number of aromatic nitrogens is 1. The molecule has 0 atom stereocenters. The summed E-state index contributed by atoms with van der Waals surface area (Å²) in [7, 11) is 1.23. The molecule has 0 aliphatic rings. The van der Waals surface area contributed by atoms with E-state index in [4.69, 9.17) is 5.73 Å². The van der Waals surface area contributed by atoms with Gasteiger partial charge in [-0.05, 0) is 34.2 Å². The van der Waals surface area contributed by atoms with Crippen LogP contribution in [0, 0.1) is 3.57 Å². The molecule has 4 nitrogen and oxygen atoms in total. The van der Waals surface area contributed by atoms with E-state index in [9.17, 15) is 13.6 Å². The van der Waals surface area contributed by atoms with Crippen molar-refractivity contribution in [3.63, 3.8) is 0 Å².